The Bertz CT molecular complexity index is 712. The molecule has 2 aromatic rings. The fourth-order valence-electron chi connectivity index (χ4n) is 1.82. The molecule has 0 radical (unpaired) electrons. The maximum absolute atomic E-state index is 12.8. The van der Waals surface area contributed by atoms with E-state index >= 15 is 0 Å². The molecule has 0 aliphatic carbocycles. The van der Waals surface area contributed by atoms with E-state index in [4.69, 9.17) is 5.73 Å². The van der Waals surface area contributed by atoms with Crippen LogP contribution in [0.4, 0.5) is 15.8 Å². The smallest absolute Gasteiger partial charge is 0.177 e. The quantitative estimate of drug-likeness (QED) is 0.849. The molecule has 106 valence electrons. The molecule has 6 heteroatoms. The Morgan fingerprint density at radius 3 is 2.40 bits per heavy atom. The third-order valence-corrected chi connectivity index (χ3v) is 4.02. The highest BCUT2D eigenvalue weighted by Gasteiger charge is 2.13. The number of nitrogens with one attached hydrogen (secondary N) is 1. The van der Waals surface area contributed by atoms with E-state index in [2.05, 4.69) is 5.32 Å². The molecule has 0 aliphatic rings. The normalized spacial score (nSPS) is 11.3. The average molecular weight is 294 g/mol. The first-order valence-corrected chi connectivity index (χ1v) is 7.84. The van der Waals surface area contributed by atoms with E-state index < -0.39 is 9.84 Å². The van der Waals surface area contributed by atoms with Crippen LogP contribution in [0.15, 0.2) is 47.4 Å². The first-order valence-electron chi connectivity index (χ1n) is 5.95. The van der Waals surface area contributed by atoms with Gasteiger partial charge in [-0.15, -0.1) is 0 Å². The minimum atomic E-state index is -3.36. The van der Waals surface area contributed by atoms with Crippen LogP contribution in [0.3, 0.4) is 0 Å². The third-order valence-electron chi connectivity index (χ3n) is 2.86. The van der Waals surface area contributed by atoms with Crippen molar-refractivity contribution in [1.29, 1.82) is 0 Å². The number of rotatable bonds is 4. The summed E-state index contributed by atoms with van der Waals surface area (Å²) in [4.78, 5) is 0.0987. The molecule has 0 bridgehead atoms. The summed E-state index contributed by atoms with van der Waals surface area (Å²) in [6, 6.07) is 10.8. The molecule has 2 aromatic carbocycles. The second-order valence-electron chi connectivity index (χ2n) is 4.47. The number of hydrogen-bond acceptors (Lipinski definition) is 4. The molecule has 0 fully saturated rings. The van der Waals surface area contributed by atoms with Crippen molar-refractivity contribution in [2.24, 2.45) is 0 Å². The SMILES string of the molecule is CS(=O)(=O)c1cccc(NCc2ccc(F)cc2)c1N. The molecule has 0 aromatic heterocycles. The highest BCUT2D eigenvalue weighted by molar-refractivity contribution is 7.90. The third kappa shape index (κ3) is 3.27. The fraction of sp³-hybridized carbons (Fsp3) is 0.143. The van der Waals surface area contributed by atoms with Crippen molar-refractivity contribution < 1.29 is 12.8 Å². The first-order chi connectivity index (χ1) is 9.38. The van der Waals surface area contributed by atoms with Crippen molar-refractivity contribution in [3.05, 3.63) is 53.8 Å². The second kappa shape index (κ2) is 5.50. The summed E-state index contributed by atoms with van der Waals surface area (Å²) in [5.74, 6) is -0.299. The lowest BCUT2D eigenvalue weighted by molar-refractivity contribution is 0.602. The number of hydrogen-bond donors (Lipinski definition) is 2. The highest BCUT2D eigenvalue weighted by atomic mass is 32.2. The van der Waals surface area contributed by atoms with Crippen molar-refractivity contribution >= 4 is 21.2 Å². The molecule has 0 amide bonds. The van der Waals surface area contributed by atoms with Crippen molar-refractivity contribution in [3.8, 4) is 0 Å². The van der Waals surface area contributed by atoms with Gasteiger partial charge in [0.15, 0.2) is 9.84 Å². The zero-order valence-electron chi connectivity index (χ0n) is 10.9. The fourth-order valence-corrected chi connectivity index (χ4v) is 2.66. The Morgan fingerprint density at radius 1 is 1.15 bits per heavy atom. The minimum Gasteiger partial charge on any atom is -0.396 e. The predicted octanol–water partition coefficient (Wildman–Crippen LogP) is 2.42. The number of nitrogens with two attached hydrogens (primary N) is 1. The molecule has 3 N–H and O–H groups in total. The van der Waals surface area contributed by atoms with E-state index in [0.29, 0.717) is 12.2 Å². The molecular weight excluding hydrogens is 279 g/mol. The topological polar surface area (TPSA) is 72.2 Å². The van der Waals surface area contributed by atoms with Gasteiger partial charge in [0.2, 0.25) is 0 Å². The lowest BCUT2D eigenvalue weighted by Gasteiger charge is -2.12. The van der Waals surface area contributed by atoms with Crippen LogP contribution in [0, 0.1) is 5.82 Å². The molecule has 0 atom stereocenters. The zero-order valence-corrected chi connectivity index (χ0v) is 11.7. The largest absolute Gasteiger partial charge is 0.396 e. The van der Waals surface area contributed by atoms with E-state index in [1.807, 2.05) is 0 Å². The maximum atomic E-state index is 12.8. The van der Waals surface area contributed by atoms with Crippen LogP contribution < -0.4 is 11.1 Å². The van der Waals surface area contributed by atoms with Gasteiger partial charge in [-0.3, -0.25) is 0 Å². The van der Waals surface area contributed by atoms with E-state index in [1.165, 1.54) is 18.2 Å². The number of anilines is 2. The molecule has 0 saturated heterocycles. The van der Waals surface area contributed by atoms with Crippen LogP contribution in [0.2, 0.25) is 0 Å². The van der Waals surface area contributed by atoms with E-state index in [0.717, 1.165) is 11.8 Å². The molecule has 2 rings (SSSR count). The molecule has 0 spiro atoms. The van der Waals surface area contributed by atoms with Crippen molar-refractivity contribution in [2.75, 3.05) is 17.3 Å². The molecule has 0 unspecified atom stereocenters. The summed E-state index contributed by atoms with van der Waals surface area (Å²) in [7, 11) is -3.36. The van der Waals surface area contributed by atoms with Gasteiger partial charge in [0, 0.05) is 12.8 Å². The Labute approximate surface area is 117 Å². The lowest BCUT2D eigenvalue weighted by Crippen LogP contribution is -2.07. The molecule has 20 heavy (non-hydrogen) atoms. The van der Waals surface area contributed by atoms with Gasteiger partial charge in [-0.1, -0.05) is 18.2 Å². The first kappa shape index (κ1) is 14.3. The number of nitrogen functional groups attached to an aromatic ring is 1. The Morgan fingerprint density at radius 2 is 1.80 bits per heavy atom. The molecule has 0 heterocycles. The van der Waals surface area contributed by atoms with Gasteiger partial charge >= 0.3 is 0 Å². The van der Waals surface area contributed by atoms with Gasteiger partial charge in [-0.05, 0) is 29.8 Å². The van der Waals surface area contributed by atoms with Gasteiger partial charge in [0.1, 0.15) is 5.82 Å². The number of halogens is 1. The molecule has 0 saturated carbocycles. The van der Waals surface area contributed by atoms with Crippen LogP contribution in [-0.4, -0.2) is 14.7 Å². The maximum Gasteiger partial charge on any atom is 0.177 e. The van der Waals surface area contributed by atoms with Gasteiger partial charge in [0.05, 0.1) is 16.3 Å². The second-order valence-corrected chi connectivity index (χ2v) is 6.45. The van der Waals surface area contributed by atoms with Crippen LogP contribution >= 0.6 is 0 Å². The van der Waals surface area contributed by atoms with E-state index in [-0.39, 0.29) is 16.4 Å². The van der Waals surface area contributed by atoms with Gasteiger partial charge in [0.25, 0.3) is 0 Å². The minimum absolute atomic E-state index is 0.0987. The highest BCUT2D eigenvalue weighted by Crippen LogP contribution is 2.26. The summed E-state index contributed by atoms with van der Waals surface area (Å²) in [6.07, 6.45) is 1.11. The van der Waals surface area contributed by atoms with Crippen LogP contribution in [0.1, 0.15) is 5.56 Å². The molecule has 4 nitrogen and oxygen atoms in total. The van der Waals surface area contributed by atoms with Crippen LogP contribution in [0.5, 0.6) is 0 Å². The van der Waals surface area contributed by atoms with Gasteiger partial charge in [-0.2, -0.15) is 0 Å². The number of sulfone groups is 1. The number of benzene rings is 2. The summed E-state index contributed by atoms with van der Waals surface area (Å²) in [5, 5.41) is 3.05. The van der Waals surface area contributed by atoms with Crippen LogP contribution in [-0.2, 0) is 16.4 Å². The Balaban J connectivity index is 2.20. The summed E-state index contributed by atoms with van der Waals surface area (Å²) >= 11 is 0. The van der Waals surface area contributed by atoms with Crippen molar-refractivity contribution in [2.45, 2.75) is 11.4 Å². The number of para-hydroxylation sites is 1. The monoisotopic (exact) mass is 294 g/mol. The zero-order chi connectivity index (χ0) is 14.8. The standard InChI is InChI=1S/C14H15FN2O2S/c1-20(18,19)13-4-2-3-12(14(13)16)17-9-10-5-7-11(15)8-6-10/h2-8,17H,9,16H2,1H3. The Kier molecular flexibility index (Phi) is 3.94. The van der Waals surface area contributed by atoms with E-state index in [1.54, 1.807) is 24.3 Å². The lowest BCUT2D eigenvalue weighted by atomic mass is 10.2. The van der Waals surface area contributed by atoms with Crippen LogP contribution in [0.25, 0.3) is 0 Å². The summed E-state index contributed by atoms with van der Waals surface area (Å²) < 4.78 is 35.9. The summed E-state index contributed by atoms with van der Waals surface area (Å²) in [6.45, 7) is 0.428. The van der Waals surface area contributed by atoms with Gasteiger partial charge in [-0.25, -0.2) is 12.8 Å². The average Bonchev–Trinajstić information content (AvgIpc) is 2.38. The predicted molar refractivity (Wildman–Crippen MR) is 77.7 cm³/mol. The van der Waals surface area contributed by atoms with Gasteiger partial charge < -0.3 is 11.1 Å². The Hall–Kier alpha value is -2.08. The van der Waals surface area contributed by atoms with Crippen molar-refractivity contribution in [1.82, 2.24) is 0 Å². The molecular formula is C14H15FN2O2S. The van der Waals surface area contributed by atoms with E-state index in [9.17, 15) is 12.8 Å². The summed E-state index contributed by atoms with van der Waals surface area (Å²) in [5.41, 5.74) is 7.46. The molecule has 0 aliphatic heterocycles. The van der Waals surface area contributed by atoms with Crippen molar-refractivity contribution in [3.63, 3.8) is 0 Å².